The van der Waals surface area contributed by atoms with Gasteiger partial charge in [0.25, 0.3) is 0 Å². The maximum absolute atomic E-state index is 11.9. The lowest BCUT2D eigenvalue weighted by Crippen LogP contribution is -2.47. The van der Waals surface area contributed by atoms with E-state index >= 15 is 0 Å². The molecule has 4 heteroatoms. The zero-order valence-electron chi connectivity index (χ0n) is 10.9. The van der Waals surface area contributed by atoms with Crippen molar-refractivity contribution in [1.29, 1.82) is 0 Å². The predicted octanol–water partition coefficient (Wildman–Crippen LogP) is 1.47. The van der Waals surface area contributed by atoms with Crippen molar-refractivity contribution in [2.24, 2.45) is 5.92 Å². The van der Waals surface area contributed by atoms with Crippen LogP contribution in [0.4, 0.5) is 0 Å². The number of nitrogens with one attached hydrogen (secondary N) is 1. The number of aliphatic hydroxyl groups excluding tert-OH is 1. The highest BCUT2D eigenvalue weighted by molar-refractivity contribution is 5.78. The molecule has 1 rings (SSSR count). The monoisotopic (exact) mass is 243 g/mol. The second-order valence-electron chi connectivity index (χ2n) is 4.89. The summed E-state index contributed by atoms with van der Waals surface area (Å²) in [6.07, 6.45) is 5.01. The van der Waals surface area contributed by atoms with Crippen LogP contribution in [-0.4, -0.2) is 36.4 Å². The van der Waals surface area contributed by atoms with E-state index in [2.05, 4.69) is 12.2 Å². The van der Waals surface area contributed by atoms with E-state index in [1.807, 2.05) is 6.92 Å². The molecule has 0 unspecified atom stereocenters. The van der Waals surface area contributed by atoms with Crippen LogP contribution in [-0.2, 0) is 9.53 Å². The Morgan fingerprint density at radius 3 is 2.88 bits per heavy atom. The molecular weight excluding hydrogens is 218 g/mol. The van der Waals surface area contributed by atoms with E-state index in [1.54, 1.807) is 0 Å². The molecule has 0 aliphatic carbocycles. The summed E-state index contributed by atoms with van der Waals surface area (Å²) in [7, 11) is 0. The van der Waals surface area contributed by atoms with Gasteiger partial charge < -0.3 is 15.2 Å². The van der Waals surface area contributed by atoms with E-state index in [0.29, 0.717) is 0 Å². The van der Waals surface area contributed by atoms with Crippen LogP contribution >= 0.6 is 0 Å². The van der Waals surface area contributed by atoms with Crippen molar-refractivity contribution in [2.45, 2.75) is 58.1 Å². The van der Waals surface area contributed by atoms with E-state index in [1.165, 1.54) is 0 Å². The zero-order chi connectivity index (χ0) is 12.7. The first-order valence-corrected chi connectivity index (χ1v) is 6.71. The third kappa shape index (κ3) is 4.64. The van der Waals surface area contributed by atoms with Crippen molar-refractivity contribution >= 4 is 5.91 Å². The maximum Gasteiger partial charge on any atom is 0.223 e. The minimum absolute atomic E-state index is 0.0117. The number of rotatable bonds is 7. The quantitative estimate of drug-likeness (QED) is 0.712. The number of unbranched alkanes of at least 4 members (excludes halogenated alkanes) is 1. The van der Waals surface area contributed by atoms with Crippen molar-refractivity contribution in [3.63, 3.8) is 0 Å². The highest BCUT2D eigenvalue weighted by Gasteiger charge is 2.27. The first-order chi connectivity index (χ1) is 8.19. The Kier molecular flexibility index (Phi) is 6.52. The SMILES string of the molecule is CCCC[C@H](C)C(=O)N[C@@H](CO)[C@H]1CCCO1. The van der Waals surface area contributed by atoms with Gasteiger partial charge in [0, 0.05) is 12.5 Å². The first-order valence-electron chi connectivity index (χ1n) is 6.71. The summed E-state index contributed by atoms with van der Waals surface area (Å²) < 4.78 is 5.49. The van der Waals surface area contributed by atoms with Gasteiger partial charge in [-0.2, -0.15) is 0 Å². The highest BCUT2D eigenvalue weighted by atomic mass is 16.5. The molecule has 0 spiro atoms. The molecule has 1 amide bonds. The van der Waals surface area contributed by atoms with Gasteiger partial charge in [-0.1, -0.05) is 26.7 Å². The Labute approximate surface area is 104 Å². The van der Waals surface area contributed by atoms with Gasteiger partial charge in [0.15, 0.2) is 0 Å². The molecule has 1 saturated heterocycles. The molecule has 0 aromatic rings. The minimum Gasteiger partial charge on any atom is -0.394 e. The summed E-state index contributed by atoms with van der Waals surface area (Å²) in [4.78, 5) is 11.9. The van der Waals surface area contributed by atoms with Crippen LogP contribution in [0.2, 0.25) is 0 Å². The summed E-state index contributed by atoms with van der Waals surface area (Å²) in [5.41, 5.74) is 0. The van der Waals surface area contributed by atoms with Crippen molar-refractivity contribution < 1.29 is 14.6 Å². The van der Waals surface area contributed by atoms with Crippen LogP contribution < -0.4 is 5.32 Å². The largest absolute Gasteiger partial charge is 0.394 e. The molecule has 17 heavy (non-hydrogen) atoms. The van der Waals surface area contributed by atoms with Gasteiger partial charge in [-0.25, -0.2) is 0 Å². The van der Waals surface area contributed by atoms with Crippen molar-refractivity contribution in [3.05, 3.63) is 0 Å². The molecule has 0 aromatic heterocycles. The fraction of sp³-hybridized carbons (Fsp3) is 0.923. The van der Waals surface area contributed by atoms with Crippen LogP contribution in [0.5, 0.6) is 0 Å². The number of aliphatic hydroxyl groups is 1. The molecule has 0 radical (unpaired) electrons. The van der Waals surface area contributed by atoms with Crippen LogP contribution in [0.3, 0.4) is 0 Å². The lowest BCUT2D eigenvalue weighted by atomic mass is 10.0. The average molecular weight is 243 g/mol. The molecule has 0 aromatic carbocycles. The Hall–Kier alpha value is -0.610. The standard InChI is InChI=1S/C13H25NO3/c1-3-4-6-10(2)13(16)14-11(9-15)12-7-5-8-17-12/h10-12,15H,3-9H2,1-2H3,(H,14,16)/t10-,11-,12+/m0/s1. The highest BCUT2D eigenvalue weighted by Crippen LogP contribution is 2.16. The first kappa shape index (κ1) is 14.5. The topological polar surface area (TPSA) is 58.6 Å². The smallest absolute Gasteiger partial charge is 0.223 e. The molecule has 4 nitrogen and oxygen atoms in total. The van der Waals surface area contributed by atoms with Gasteiger partial charge in [-0.15, -0.1) is 0 Å². The molecule has 1 aliphatic rings. The predicted molar refractivity (Wildman–Crippen MR) is 66.7 cm³/mol. The fourth-order valence-electron chi connectivity index (χ4n) is 2.14. The van der Waals surface area contributed by atoms with Gasteiger partial charge in [0.05, 0.1) is 18.8 Å². The Morgan fingerprint density at radius 1 is 1.59 bits per heavy atom. The molecule has 3 atom stereocenters. The summed E-state index contributed by atoms with van der Waals surface area (Å²) in [5.74, 6) is 0.0541. The van der Waals surface area contributed by atoms with Gasteiger partial charge in [0.2, 0.25) is 5.91 Å². The normalized spacial score (nSPS) is 23.4. The lowest BCUT2D eigenvalue weighted by molar-refractivity contribution is -0.126. The van der Waals surface area contributed by atoms with Gasteiger partial charge >= 0.3 is 0 Å². The van der Waals surface area contributed by atoms with Crippen molar-refractivity contribution in [2.75, 3.05) is 13.2 Å². The molecule has 1 fully saturated rings. The minimum atomic E-state index is -0.242. The summed E-state index contributed by atoms with van der Waals surface area (Å²) >= 11 is 0. The van der Waals surface area contributed by atoms with E-state index in [9.17, 15) is 9.90 Å². The van der Waals surface area contributed by atoms with Crippen LogP contribution in [0.1, 0.15) is 46.0 Å². The number of carbonyl (C=O) groups is 1. The van der Waals surface area contributed by atoms with Crippen LogP contribution in [0.25, 0.3) is 0 Å². The number of amides is 1. The summed E-state index contributed by atoms with van der Waals surface area (Å²) in [6.45, 7) is 4.75. The second kappa shape index (κ2) is 7.67. The van der Waals surface area contributed by atoms with Crippen LogP contribution in [0, 0.1) is 5.92 Å². The van der Waals surface area contributed by atoms with Gasteiger partial charge in [-0.3, -0.25) is 4.79 Å². The number of hydrogen-bond donors (Lipinski definition) is 2. The zero-order valence-corrected chi connectivity index (χ0v) is 10.9. The van der Waals surface area contributed by atoms with Crippen molar-refractivity contribution in [3.8, 4) is 0 Å². The fourth-order valence-corrected chi connectivity index (χ4v) is 2.14. The molecule has 0 saturated carbocycles. The molecule has 100 valence electrons. The molecular formula is C13H25NO3. The Morgan fingerprint density at radius 2 is 2.35 bits per heavy atom. The Bertz CT molecular complexity index is 227. The van der Waals surface area contributed by atoms with Crippen molar-refractivity contribution in [1.82, 2.24) is 5.32 Å². The number of ether oxygens (including phenoxy) is 1. The van der Waals surface area contributed by atoms with E-state index in [-0.39, 0.29) is 30.6 Å². The lowest BCUT2D eigenvalue weighted by Gasteiger charge is -2.23. The molecule has 1 aliphatic heterocycles. The molecule has 0 bridgehead atoms. The third-order valence-corrected chi connectivity index (χ3v) is 3.38. The Balaban J connectivity index is 2.35. The number of hydrogen-bond acceptors (Lipinski definition) is 3. The van der Waals surface area contributed by atoms with E-state index in [4.69, 9.17) is 4.74 Å². The summed E-state index contributed by atoms with van der Waals surface area (Å²) in [5, 5.41) is 12.2. The molecule has 2 N–H and O–H groups in total. The third-order valence-electron chi connectivity index (χ3n) is 3.38. The van der Waals surface area contributed by atoms with Crippen LogP contribution in [0.15, 0.2) is 0 Å². The average Bonchev–Trinajstić information content (AvgIpc) is 2.86. The summed E-state index contributed by atoms with van der Waals surface area (Å²) in [6, 6.07) is -0.242. The number of carbonyl (C=O) groups excluding carboxylic acids is 1. The molecule has 1 heterocycles. The second-order valence-corrected chi connectivity index (χ2v) is 4.89. The van der Waals surface area contributed by atoms with E-state index < -0.39 is 0 Å². The van der Waals surface area contributed by atoms with Gasteiger partial charge in [-0.05, 0) is 19.3 Å². The van der Waals surface area contributed by atoms with E-state index in [0.717, 1.165) is 38.7 Å². The van der Waals surface area contributed by atoms with Gasteiger partial charge in [0.1, 0.15) is 0 Å². The maximum atomic E-state index is 11.9.